The molecule has 0 aromatic rings. The molecule has 2 rings (SSSR count). The van der Waals surface area contributed by atoms with Crippen molar-refractivity contribution in [2.45, 2.75) is 57.9 Å². The highest BCUT2D eigenvalue weighted by Crippen LogP contribution is 2.25. The Morgan fingerprint density at radius 2 is 1.79 bits per heavy atom. The van der Waals surface area contributed by atoms with Crippen LogP contribution in [-0.2, 0) is 10.0 Å². The van der Waals surface area contributed by atoms with Crippen LogP contribution in [0, 0.1) is 5.92 Å². The van der Waals surface area contributed by atoms with Crippen molar-refractivity contribution in [2.24, 2.45) is 5.92 Å². The first-order chi connectivity index (χ1) is 9.11. The van der Waals surface area contributed by atoms with Crippen molar-refractivity contribution < 1.29 is 8.42 Å². The molecule has 0 amide bonds. The fourth-order valence-corrected chi connectivity index (χ4v) is 5.00. The summed E-state index contributed by atoms with van der Waals surface area (Å²) in [4.78, 5) is 2.40. The van der Waals surface area contributed by atoms with Gasteiger partial charge in [-0.2, -0.15) is 0 Å². The monoisotopic (exact) mass is 288 g/mol. The Kier molecular flexibility index (Phi) is 5.66. The predicted molar refractivity (Wildman–Crippen MR) is 78.6 cm³/mol. The lowest BCUT2D eigenvalue weighted by molar-refractivity contribution is 0.158. The minimum atomic E-state index is -3.07. The van der Waals surface area contributed by atoms with Crippen molar-refractivity contribution in [2.75, 3.05) is 25.4 Å². The smallest absolute Gasteiger partial charge is 0.211 e. The fraction of sp³-hybridized carbons (Fsp3) is 1.00. The second kappa shape index (κ2) is 7.04. The van der Waals surface area contributed by atoms with Crippen LogP contribution in [0.2, 0.25) is 0 Å². The first-order valence-corrected chi connectivity index (χ1v) is 9.47. The van der Waals surface area contributed by atoms with Crippen LogP contribution < -0.4 is 4.72 Å². The summed E-state index contributed by atoms with van der Waals surface area (Å²) in [7, 11) is -3.07. The van der Waals surface area contributed by atoms with Crippen LogP contribution >= 0.6 is 0 Å². The van der Waals surface area contributed by atoms with Gasteiger partial charge in [-0.25, -0.2) is 13.1 Å². The summed E-state index contributed by atoms with van der Waals surface area (Å²) in [5.41, 5.74) is 0. The molecule has 0 aromatic heterocycles. The van der Waals surface area contributed by atoms with Crippen LogP contribution in [0.25, 0.3) is 0 Å². The zero-order valence-corrected chi connectivity index (χ0v) is 12.9. The van der Waals surface area contributed by atoms with Crippen molar-refractivity contribution >= 4 is 10.0 Å². The topological polar surface area (TPSA) is 49.4 Å². The minimum absolute atomic E-state index is 0.339. The molecule has 1 N–H and O–H groups in total. The van der Waals surface area contributed by atoms with Crippen molar-refractivity contribution in [3.63, 3.8) is 0 Å². The second-order valence-electron chi connectivity index (χ2n) is 6.06. The Bertz CT molecular complexity index is 364. The average molecular weight is 288 g/mol. The molecule has 1 saturated carbocycles. The normalized spacial score (nSPS) is 26.9. The Labute approximate surface area is 118 Å². The third-order valence-corrected chi connectivity index (χ3v) is 6.14. The lowest BCUT2D eigenvalue weighted by atomic mass is 10.0. The number of sulfonamides is 1. The average Bonchev–Trinajstić information content (AvgIpc) is 2.89. The molecule has 0 aromatic carbocycles. The summed E-state index contributed by atoms with van der Waals surface area (Å²) in [6.07, 6.45) is 8.18. The number of hydrogen-bond donors (Lipinski definition) is 1. The standard InChI is InChI=1S/C14H28N2O2S/c1-2-16-10-6-5-9-14(16)11-15-19(17,18)12-13-7-3-4-8-13/h13-15H,2-12H2,1H3/t14-/m1/s1. The van der Waals surface area contributed by atoms with Gasteiger partial charge in [-0.1, -0.05) is 26.2 Å². The molecule has 0 unspecified atom stereocenters. The Balaban J connectivity index is 1.79. The van der Waals surface area contributed by atoms with Crippen molar-refractivity contribution in [3.8, 4) is 0 Å². The van der Waals surface area contributed by atoms with E-state index in [4.69, 9.17) is 0 Å². The van der Waals surface area contributed by atoms with Gasteiger partial charge >= 0.3 is 0 Å². The summed E-state index contributed by atoms with van der Waals surface area (Å²) in [5, 5.41) is 0. The van der Waals surface area contributed by atoms with E-state index >= 15 is 0 Å². The van der Waals surface area contributed by atoms with E-state index in [1.54, 1.807) is 0 Å². The largest absolute Gasteiger partial charge is 0.299 e. The molecular weight excluding hydrogens is 260 g/mol. The third-order valence-electron chi connectivity index (χ3n) is 4.62. The van der Waals surface area contributed by atoms with E-state index in [1.807, 2.05) is 0 Å². The van der Waals surface area contributed by atoms with E-state index in [0.29, 0.717) is 24.3 Å². The number of likely N-dealkylation sites (N-methyl/N-ethyl adjacent to an activating group) is 1. The summed E-state index contributed by atoms with van der Waals surface area (Å²) in [6.45, 7) is 4.90. The maximum atomic E-state index is 12.1. The van der Waals surface area contributed by atoms with Gasteiger partial charge in [0.25, 0.3) is 0 Å². The molecule has 0 bridgehead atoms. The van der Waals surface area contributed by atoms with E-state index < -0.39 is 10.0 Å². The van der Waals surface area contributed by atoms with Crippen molar-refractivity contribution in [3.05, 3.63) is 0 Å². The molecule has 1 heterocycles. The van der Waals surface area contributed by atoms with Gasteiger partial charge in [-0.3, -0.25) is 4.90 Å². The molecule has 1 atom stereocenters. The van der Waals surface area contributed by atoms with Gasteiger partial charge in [-0.05, 0) is 44.7 Å². The summed E-state index contributed by atoms with van der Waals surface area (Å²) in [5.74, 6) is 0.734. The molecule has 112 valence electrons. The minimum Gasteiger partial charge on any atom is -0.299 e. The molecular formula is C14H28N2O2S. The maximum Gasteiger partial charge on any atom is 0.211 e. The Morgan fingerprint density at radius 1 is 1.11 bits per heavy atom. The maximum absolute atomic E-state index is 12.1. The molecule has 5 heteroatoms. The highest BCUT2D eigenvalue weighted by atomic mass is 32.2. The summed E-state index contributed by atoms with van der Waals surface area (Å²) >= 11 is 0. The third kappa shape index (κ3) is 4.72. The van der Waals surface area contributed by atoms with Gasteiger partial charge < -0.3 is 0 Å². The quantitative estimate of drug-likeness (QED) is 0.813. The second-order valence-corrected chi connectivity index (χ2v) is 7.91. The van der Waals surface area contributed by atoms with Crippen LogP contribution in [0.15, 0.2) is 0 Å². The van der Waals surface area contributed by atoms with E-state index in [1.165, 1.54) is 25.7 Å². The van der Waals surface area contributed by atoms with E-state index in [9.17, 15) is 8.42 Å². The molecule has 2 aliphatic rings. The van der Waals surface area contributed by atoms with E-state index in [-0.39, 0.29) is 0 Å². The molecule has 1 aliphatic carbocycles. The first kappa shape index (κ1) is 15.3. The fourth-order valence-electron chi connectivity index (χ4n) is 3.48. The lowest BCUT2D eigenvalue weighted by Crippen LogP contribution is -2.47. The van der Waals surface area contributed by atoms with Crippen molar-refractivity contribution in [1.29, 1.82) is 0 Å². The molecule has 0 spiro atoms. The molecule has 0 radical (unpaired) electrons. The number of nitrogens with one attached hydrogen (secondary N) is 1. The molecule has 1 aliphatic heterocycles. The van der Waals surface area contributed by atoms with E-state index in [2.05, 4.69) is 16.5 Å². The van der Waals surface area contributed by atoms with Crippen LogP contribution in [-0.4, -0.2) is 44.7 Å². The summed E-state index contributed by atoms with van der Waals surface area (Å²) in [6, 6.07) is 0.400. The Morgan fingerprint density at radius 3 is 2.47 bits per heavy atom. The zero-order valence-electron chi connectivity index (χ0n) is 12.1. The Hall–Kier alpha value is -0.130. The summed E-state index contributed by atoms with van der Waals surface area (Å²) < 4.78 is 27.0. The molecule has 1 saturated heterocycles. The van der Waals surface area contributed by atoms with Gasteiger partial charge in [0.2, 0.25) is 10.0 Å². The van der Waals surface area contributed by atoms with Gasteiger partial charge in [0.05, 0.1) is 5.75 Å². The van der Waals surface area contributed by atoms with Gasteiger partial charge in [-0.15, -0.1) is 0 Å². The molecule has 19 heavy (non-hydrogen) atoms. The SMILES string of the molecule is CCN1CCCC[C@@H]1CNS(=O)(=O)CC1CCCC1. The van der Waals surface area contributed by atoms with Crippen molar-refractivity contribution in [1.82, 2.24) is 9.62 Å². The van der Waals surface area contributed by atoms with Gasteiger partial charge in [0, 0.05) is 12.6 Å². The molecule has 2 fully saturated rings. The van der Waals surface area contributed by atoms with Crippen LogP contribution in [0.3, 0.4) is 0 Å². The first-order valence-electron chi connectivity index (χ1n) is 7.82. The number of rotatable bonds is 6. The molecule has 4 nitrogen and oxygen atoms in total. The van der Waals surface area contributed by atoms with Crippen LogP contribution in [0.5, 0.6) is 0 Å². The number of hydrogen-bond acceptors (Lipinski definition) is 3. The highest BCUT2D eigenvalue weighted by molar-refractivity contribution is 7.89. The van der Waals surface area contributed by atoms with E-state index in [0.717, 1.165) is 32.4 Å². The van der Waals surface area contributed by atoms with Crippen LogP contribution in [0.4, 0.5) is 0 Å². The highest BCUT2D eigenvalue weighted by Gasteiger charge is 2.25. The van der Waals surface area contributed by atoms with Gasteiger partial charge in [0.15, 0.2) is 0 Å². The number of likely N-dealkylation sites (tertiary alicyclic amines) is 1. The number of nitrogens with zero attached hydrogens (tertiary/aromatic N) is 1. The van der Waals surface area contributed by atoms with Crippen LogP contribution in [0.1, 0.15) is 51.9 Å². The zero-order chi connectivity index (χ0) is 13.7. The van der Waals surface area contributed by atoms with Gasteiger partial charge in [0.1, 0.15) is 0 Å². The lowest BCUT2D eigenvalue weighted by Gasteiger charge is -2.34. The predicted octanol–water partition coefficient (Wildman–Crippen LogP) is 1.97. The number of piperidine rings is 1.